The first kappa shape index (κ1) is 14.7. The van der Waals surface area contributed by atoms with E-state index in [1.165, 1.54) is 11.8 Å². The number of aryl methyl sites for hydroxylation is 1. The molecule has 1 aromatic carbocycles. The molecule has 0 aliphatic carbocycles. The SMILES string of the molecule is CCCCn1c(SCC(=O)O)nc2cc(OC)ccc21. The number of fused-ring (bicyclic) bond motifs is 1. The zero-order chi connectivity index (χ0) is 14.5. The number of nitrogens with zero attached hydrogens (tertiary/aromatic N) is 2. The Morgan fingerprint density at radius 3 is 2.95 bits per heavy atom. The van der Waals surface area contributed by atoms with Gasteiger partial charge in [0.15, 0.2) is 5.16 Å². The van der Waals surface area contributed by atoms with Crippen molar-refractivity contribution in [2.24, 2.45) is 0 Å². The van der Waals surface area contributed by atoms with Gasteiger partial charge in [-0.2, -0.15) is 0 Å². The zero-order valence-corrected chi connectivity index (χ0v) is 12.4. The molecule has 0 saturated heterocycles. The molecule has 0 aliphatic heterocycles. The van der Waals surface area contributed by atoms with Gasteiger partial charge < -0.3 is 14.4 Å². The van der Waals surface area contributed by atoms with E-state index < -0.39 is 5.97 Å². The van der Waals surface area contributed by atoms with E-state index >= 15 is 0 Å². The maximum absolute atomic E-state index is 10.7. The van der Waals surface area contributed by atoms with Crippen LogP contribution in [-0.2, 0) is 11.3 Å². The Bertz CT molecular complexity index is 610. The van der Waals surface area contributed by atoms with E-state index in [1.807, 2.05) is 18.2 Å². The van der Waals surface area contributed by atoms with Crippen LogP contribution in [-0.4, -0.2) is 33.5 Å². The van der Waals surface area contributed by atoms with E-state index in [0.29, 0.717) is 0 Å². The van der Waals surface area contributed by atoms with E-state index in [0.717, 1.165) is 41.3 Å². The predicted octanol–water partition coefficient (Wildman–Crippen LogP) is 3.02. The molecule has 0 bridgehead atoms. The summed E-state index contributed by atoms with van der Waals surface area (Å²) in [5, 5.41) is 9.57. The summed E-state index contributed by atoms with van der Waals surface area (Å²) < 4.78 is 7.29. The number of imidazole rings is 1. The number of aliphatic carboxylic acids is 1. The van der Waals surface area contributed by atoms with E-state index in [1.54, 1.807) is 7.11 Å². The van der Waals surface area contributed by atoms with Crippen LogP contribution >= 0.6 is 11.8 Å². The number of benzene rings is 1. The van der Waals surface area contributed by atoms with Gasteiger partial charge in [-0.3, -0.25) is 4.79 Å². The molecule has 20 heavy (non-hydrogen) atoms. The van der Waals surface area contributed by atoms with Crippen LogP contribution in [0.15, 0.2) is 23.4 Å². The second-order valence-electron chi connectivity index (χ2n) is 4.44. The first-order valence-electron chi connectivity index (χ1n) is 6.54. The van der Waals surface area contributed by atoms with Gasteiger partial charge in [0.25, 0.3) is 0 Å². The molecule has 1 heterocycles. The van der Waals surface area contributed by atoms with Crippen molar-refractivity contribution in [1.82, 2.24) is 9.55 Å². The van der Waals surface area contributed by atoms with Crippen LogP contribution in [0, 0.1) is 0 Å². The van der Waals surface area contributed by atoms with E-state index in [2.05, 4.69) is 16.5 Å². The fourth-order valence-electron chi connectivity index (χ4n) is 1.98. The minimum Gasteiger partial charge on any atom is -0.497 e. The van der Waals surface area contributed by atoms with Crippen molar-refractivity contribution in [1.29, 1.82) is 0 Å². The number of carboxylic acid groups (broad SMARTS) is 1. The minimum atomic E-state index is -0.832. The summed E-state index contributed by atoms with van der Waals surface area (Å²) in [4.78, 5) is 15.3. The summed E-state index contributed by atoms with van der Waals surface area (Å²) in [5.41, 5.74) is 1.86. The van der Waals surface area contributed by atoms with E-state index in [-0.39, 0.29) is 5.75 Å². The van der Waals surface area contributed by atoms with Crippen LogP contribution in [0.4, 0.5) is 0 Å². The molecule has 0 atom stereocenters. The number of ether oxygens (including phenoxy) is 1. The second kappa shape index (κ2) is 6.65. The fraction of sp³-hybridized carbons (Fsp3) is 0.429. The van der Waals surface area contributed by atoms with Crippen LogP contribution < -0.4 is 4.74 Å². The summed E-state index contributed by atoms with van der Waals surface area (Å²) in [7, 11) is 1.62. The number of unbranched alkanes of at least 4 members (excludes halogenated alkanes) is 1. The van der Waals surface area contributed by atoms with E-state index in [9.17, 15) is 4.79 Å². The van der Waals surface area contributed by atoms with Gasteiger partial charge in [0.2, 0.25) is 0 Å². The first-order valence-corrected chi connectivity index (χ1v) is 7.53. The van der Waals surface area contributed by atoms with Crippen molar-refractivity contribution >= 4 is 28.8 Å². The van der Waals surface area contributed by atoms with Gasteiger partial charge in [0.1, 0.15) is 5.75 Å². The van der Waals surface area contributed by atoms with Gasteiger partial charge in [0.05, 0.1) is 23.9 Å². The van der Waals surface area contributed by atoms with Gasteiger partial charge in [-0.05, 0) is 18.6 Å². The molecule has 0 spiro atoms. The Kier molecular flexibility index (Phi) is 4.89. The van der Waals surface area contributed by atoms with Crippen LogP contribution in [0.2, 0.25) is 0 Å². The van der Waals surface area contributed by atoms with Crippen molar-refractivity contribution in [3.8, 4) is 5.75 Å². The van der Waals surface area contributed by atoms with Gasteiger partial charge >= 0.3 is 5.97 Å². The highest BCUT2D eigenvalue weighted by Crippen LogP contribution is 2.27. The molecule has 0 aliphatic rings. The van der Waals surface area contributed by atoms with Gasteiger partial charge in [-0.1, -0.05) is 25.1 Å². The fourth-order valence-corrected chi connectivity index (χ4v) is 2.74. The van der Waals surface area contributed by atoms with Crippen LogP contribution in [0.25, 0.3) is 11.0 Å². The smallest absolute Gasteiger partial charge is 0.313 e. The summed E-state index contributed by atoms with van der Waals surface area (Å²) in [5.74, 6) is -0.0545. The number of hydrogen-bond acceptors (Lipinski definition) is 4. The lowest BCUT2D eigenvalue weighted by Crippen LogP contribution is -2.03. The van der Waals surface area contributed by atoms with Crippen molar-refractivity contribution in [3.63, 3.8) is 0 Å². The summed E-state index contributed by atoms with van der Waals surface area (Å²) in [6, 6.07) is 5.75. The normalized spacial score (nSPS) is 10.9. The van der Waals surface area contributed by atoms with Crippen molar-refractivity contribution in [2.75, 3.05) is 12.9 Å². The molecule has 0 fully saturated rings. The second-order valence-corrected chi connectivity index (χ2v) is 5.38. The first-order chi connectivity index (χ1) is 9.65. The maximum Gasteiger partial charge on any atom is 0.313 e. The Morgan fingerprint density at radius 1 is 1.50 bits per heavy atom. The number of thioether (sulfide) groups is 1. The Hall–Kier alpha value is -1.69. The summed E-state index contributed by atoms with van der Waals surface area (Å²) in [6.45, 7) is 2.98. The average molecular weight is 294 g/mol. The molecule has 0 saturated carbocycles. The average Bonchev–Trinajstić information content (AvgIpc) is 2.79. The number of aromatic nitrogens is 2. The largest absolute Gasteiger partial charge is 0.497 e. The molecule has 1 N–H and O–H groups in total. The predicted molar refractivity (Wildman–Crippen MR) is 79.6 cm³/mol. The highest BCUT2D eigenvalue weighted by molar-refractivity contribution is 7.99. The van der Waals surface area contributed by atoms with Crippen molar-refractivity contribution in [2.45, 2.75) is 31.5 Å². The molecule has 5 nitrogen and oxygen atoms in total. The molecule has 0 radical (unpaired) electrons. The van der Waals surface area contributed by atoms with Crippen molar-refractivity contribution in [3.05, 3.63) is 18.2 Å². The molecule has 0 unspecified atom stereocenters. The number of carbonyl (C=O) groups is 1. The molecule has 6 heteroatoms. The Balaban J connectivity index is 2.39. The van der Waals surface area contributed by atoms with Gasteiger partial charge in [-0.25, -0.2) is 4.98 Å². The molecule has 0 amide bonds. The van der Waals surface area contributed by atoms with E-state index in [4.69, 9.17) is 9.84 Å². The number of hydrogen-bond donors (Lipinski definition) is 1. The highest BCUT2D eigenvalue weighted by Gasteiger charge is 2.13. The summed E-state index contributed by atoms with van der Waals surface area (Å²) in [6.07, 6.45) is 2.12. The van der Waals surface area contributed by atoms with Crippen LogP contribution in [0.5, 0.6) is 5.75 Å². The molecule has 2 aromatic rings. The lowest BCUT2D eigenvalue weighted by Gasteiger charge is -2.07. The monoisotopic (exact) mass is 294 g/mol. The van der Waals surface area contributed by atoms with Gasteiger partial charge in [0, 0.05) is 12.6 Å². The number of methoxy groups -OCH3 is 1. The molecular weight excluding hydrogens is 276 g/mol. The third kappa shape index (κ3) is 3.25. The lowest BCUT2D eigenvalue weighted by molar-refractivity contribution is -0.133. The summed E-state index contributed by atoms with van der Waals surface area (Å²) >= 11 is 1.26. The molecule has 2 rings (SSSR count). The lowest BCUT2D eigenvalue weighted by atomic mass is 10.3. The standard InChI is InChI=1S/C14H18N2O3S/c1-3-4-7-16-12-6-5-10(19-2)8-11(12)15-14(16)20-9-13(17)18/h5-6,8H,3-4,7,9H2,1-2H3,(H,17,18). The Labute approximate surface area is 121 Å². The van der Waals surface area contributed by atoms with Crippen LogP contribution in [0.1, 0.15) is 19.8 Å². The molecular formula is C14H18N2O3S. The topological polar surface area (TPSA) is 64.4 Å². The Morgan fingerprint density at radius 2 is 2.30 bits per heavy atom. The number of carboxylic acids is 1. The third-order valence-corrected chi connectivity index (χ3v) is 3.94. The third-order valence-electron chi connectivity index (χ3n) is 2.98. The minimum absolute atomic E-state index is 0.0204. The highest BCUT2D eigenvalue weighted by atomic mass is 32.2. The quantitative estimate of drug-likeness (QED) is 0.795. The van der Waals surface area contributed by atoms with Gasteiger partial charge in [-0.15, -0.1) is 0 Å². The molecule has 108 valence electrons. The van der Waals surface area contributed by atoms with Crippen LogP contribution in [0.3, 0.4) is 0 Å². The number of rotatable bonds is 7. The zero-order valence-electron chi connectivity index (χ0n) is 11.6. The maximum atomic E-state index is 10.7. The van der Waals surface area contributed by atoms with Crippen molar-refractivity contribution < 1.29 is 14.6 Å². The molecule has 1 aromatic heterocycles.